The average molecular weight is 309 g/mol. The van der Waals surface area contributed by atoms with E-state index in [1.165, 1.54) is 12.1 Å². The van der Waals surface area contributed by atoms with Crippen molar-refractivity contribution >= 4 is 0 Å². The van der Waals surface area contributed by atoms with E-state index in [-0.39, 0.29) is 5.56 Å². The molecular formula is C17H18F3NO. The summed E-state index contributed by atoms with van der Waals surface area (Å²) in [5.41, 5.74) is 7.60. The Kier molecular flexibility index (Phi) is 4.76. The fourth-order valence-electron chi connectivity index (χ4n) is 2.31. The lowest BCUT2D eigenvalue weighted by atomic mass is 10.0. The first-order valence-electron chi connectivity index (χ1n) is 6.89. The highest BCUT2D eigenvalue weighted by Crippen LogP contribution is 2.34. The number of ether oxygens (including phenoxy) is 1. The SMILES string of the molecule is Cc1cc([C@@H](N)C(F)(F)F)cc(C)c1OCc1ccccc1. The van der Waals surface area contributed by atoms with Crippen LogP contribution in [-0.4, -0.2) is 6.18 Å². The first-order valence-corrected chi connectivity index (χ1v) is 6.89. The molecule has 0 amide bonds. The van der Waals surface area contributed by atoms with Gasteiger partial charge in [-0.15, -0.1) is 0 Å². The summed E-state index contributed by atoms with van der Waals surface area (Å²) in [6, 6.07) is 10.5. The molecular weight excluding hydrogens is 291 g/mol. The van der Waals surface area contributed by atoms with Crippen LogP contribution >= 0.6 is 0 Å². The highest BCUT2D eigenvalue weighted by atomic mass is 19.4. The Morgan fingerprint density at radius 2 is 1.59 bits per heavy atom. The van der Waals surface area contributed by atoms with Crippen molar-refractivity contribution in [2.75, 3.05) is 0 Å². The van der Waals surface area contributed by atoms with Gasteiger partial charge in [-0.1, -0.05) is 42.5 Å². The summed E-state index contributed by atoms with van der Waals surface area (Å²) in [4.78, 5) is 0. The molecule has 22 heavy (non-hydrogen) atoms. The van der Waals surface area contributed by atoms with Crippen LogP contribution in [0.3, 0.4) is 0 Å². The third kappa shape index (κ3) is 3.80. The standard InChI is InChI=1S/C17H18F3NO/c1-11-8-14(16(21)17(18,19)20)9-12(2)15(11)22-10-13-6-4-3-5-7-13/h3-9,16H,10,21H2,1-2H3/t16-/m1/s1. The summed E-state index contributed by atoms with van der Waals surface area (Å²) in [6.07, 6.45) is -4.45. The predicted molar refractivity (Wildman–Crippen MR) is 79.7 cm³/mol. The van der Waals surface area contributed by atoms with Crippen molar-refractivity contribution in [2.45, 2.75) is 32.7 Å². The maximum Gasteiger partial charge on any atom is 0.407 e. The molecule has 0 saturated carbocycles. The van der Waals surface area contributed by atoms with Gasteiger partial charge in [-0.2, -0.15) is 13.2 Å². The van der Waals surface area contributed by atoms with Gasteiger partial charge in [-0.3, -0.25) is 0 Å². The molecule has 5 heteroatoms. The van der Waals surface area contributed by atoms with Gasteiger partial charge in [-0.25, -0.2) is 0 Å². The van der Waals surface area contributed by atoms with Crippen LogP contribution in [0.15, 0.2) is 42.5 Å². The molecule has 2 rings (SSSR count). The van der Waals surface area contributed by atoms with Gasteiger partial charge in [0, 0.05) is 0 Å². The third-order valence-electron chi connectivity index (χ3n) is 3.42. The van der Waals surface area contributed by atoms with E-state index in [9.17, 15) is 13.2 Å². The normalized spacial score (nSPS) is 13.0. The topological polar surface area (TPSA) is 35.2 Å². The molecule has 0 radical (unpaired) electrons. The van der Waals surface area contributed by atoms with Crippen LogP contribution in [0.2, 0.25) is 0 Å². The zero-order valence-electron chi connectivity index (χ0n) is 12.4. The van der Waals surface area contributed by atoms with Gasteiger partial charge in [0.15, 0.2) is 0 Å². The van der Waals surface area contributed by atoms with E-state index in [1.807, 2.05) is 30.3 Å². The van der Waals surface area contributed by atoms with Gasteiger partial charge in [0.2, 0.25) is 0 Å². The molecule has 0 bridgehead atoms. The highest BCUT2D eigenvalue weighted by molar-refractivity contribution is 5.44. The molecule has 2 aromatic rings. The largest absolute Gasteiger partial charge is 0.488 e. The van der Waals surface area contributed by atoms with E-state index in [0.29, 0.717) is 23.5 Å². The van der Waals surface area contributed by atoms with E-state index >= 15 is 0 Å². The van der Waals surface area contributed by atoms with Crippen LogP contribution in [0.25, 0.3) is 0 Å². The molecule has 0 aliphatic carbocycles. The number of halogens is 3. The van der Waals surface area contributed by atoms with Crippen LogP contribution in [0, 0.1) is 13.8 Å². The minimum atomic E-state index is -4.45. The Bertz CT molecular complexity index is 615. The van der Waals surface area contributed by atoms with E-state index in [0.717, 1.165) is 5.56 Å². The second kappa shape index (κ2) is 6.40. The lowest BCUT2D eigenvalue weighted by molar-refractivity contribution is -0.149. The zero-order valence-corrected chi connectivity index (χ0v) is 12.4. The van der Waals surface area contributed by atoms with Crippen molar-refractivity contribution in [3.8, 4) is 5.75 Å². The summed E-state index contributed by atoms with van der Waals surface area (Å²) in [7, 11) is 0. The Hall–Kier alpha value is -2.01. The maximum absolute atomic E-state index is 12.7. The first kappa shape index (κ1) is 16.4. The van der Waals surface area contributed by atoms with Crippen LogP contribution < -0.4 is 10.5 Å². The number of hydrogen-bond acceptors (Lipinski definition) is 2. The second-order valence-electron chi connectivity index (χ2n) is 5.28. The Labute approximate surface area is 127 Å². The first-order chi connectivity index (χ1) is 10.3. The van der Waals surface area contributed by atoms with Crippen molar-refractivity contribution < 1.29 is 17.9 Å². The predicted octanol–water partition coefficient (Wildman–Crippen LogP) is 4.44. The van der Waals surface area contributed by atoms with Crippen molar-refractivity contribution in [1.29, 1.82) is 0 Å². The number of hydrogen-bond donors (Lipinski definition) is 1. The minimum Gasteiger partial charge on any atom is -0.488 e. The van der Waals surface area contributed by atoms with Crippen LogP contribution in [0.5, 0.6) is 5.75 Å². The Morgan fingerprint density at radius 3 is 2.09 bits per heavy atom. The average Bonchev–Trinajstić information content (AvgIpc) is 2.45. The van der Waals surface area contributed by atoms with Gasteiger partial charge in [0.1, 0.15) is 18.4 Å². The molecule has 0 saturated heterocycles. The van der Waals surface area contributed by atoms with Crippen LogP contribution in [-0.2, 0) is 6.61 Å². The molecule has 2 nitrogen and oxygen atoms in total. The summed E-state index contributed by atoms with van der Waals surface area (Å²) in [5, 5.41) is 0. The molecule has 118 valence electrons. The molecule has 2 N–H and O–H groups in total. The van der Waals surface area contributed by atoms with Crippen LogP contribution in [0.4, 0.5) is 13.2 Å². The van der Waals surface area contributed by atoms with Crippen molar-refractivity contribution in [3.63, 3.8) is 0 Å². The van der Waals surface area contributed by atoms with Crippen molar-refractivity contribution in [2.24, 2.45) is 5.73 Å². The lowest BCUT2D eigenvalue weighted by Crippen LogP contribution is -2.28. The number of nitrogens with two attached hydrogens (primary N) is 1. The molecule has 0 spiro atoms. The summed E-state index contributed by atoms with van der Waals surface area (Å²) < 4.78 is 43.9. The molecule has 0 aliphatic heterocycles. The van der Waals surface area contributed by atoms with Gasteiger partial charge in [0.25, 0.3) is 0 Å². The van der Waals surface area contributed by atoms with E-state index < -0.39 is 12.2 Å². The fourth-order valence-corrected chi connectivity index (χ4v) is 2.31. The highest BCUT2D eigenvalue weighted by Gasteiger charge is 2.38. The lowest BCUT2D eigenvalue weighted by Gasteiger charge is -2.19. The second-order valence-corrected chi connectivity index (χ2v) is 5.28. The summed E-state index contributed by atoms with van der Waals surface area (Å²) in [5.74, 6) is 0.599. The summed E-state index contributed by atoms with van der Waals surface area (Å²) >= 11 is 0. The van der Waals surface area contributed by atoms with Gasteiger partial charge < -0.3 is 10.5 Å². The molecule has 0 heterocycles. The van der Waals surface area contributed by atoms with Gasteiger partial charge in [0.05, 0.1) is 0 Å². The van der Waals surface area contributed by atoms with E-state index in [4.69, 9.17) is 10.5 Å². The quantitative estimate of drug-likeness (QED) is 0.906. The zero-order chi connectivity index (χ0) is 16.3. The number of alkyl halides is 3. The summed E-state index contributed by atoms with van der Waals surface area (Å²) in [6.45, 7) is 3.81. The monoisotopic (exact) mass is 309 g/mol. The third-order valence-corrected chi connectivity index (χ3v) is 3.42. The van der Waals surface area contributed by atoms with Gasteiger partial charge in [-0.05, 0) is 36.1 Å². The molecule has 1 atom stereocenters. The molecule has 0 unspecified atom stereocenters. The maximum atomic E-state index is 12.7. The van der Waals surface area contributed by atoms with Crippen LogP contribution in [0.1, 0.15) is 28.3 Å². The fraction of sp³-hybridized carbons (Fsp3) is 0.294. The van der Waals surface area contributed by atoms with E-state index in [2.05, 4.69) is 0 Å². The minimum absolute atomic E-state index is 0.0505. The van der Waals surface area contributed by atoms with E-state index in [1.54, 1.807) is 13.8 Å². The number of rotatable bonds is 4. The molecule has 2 aromatic carbocycles. The Morgan fingerprint density at radius 1 is 1.05 bits per heavy atom. The van der Waals surface area contributed by atoms with Crippen molar-refractivity contribution in [1.82, 2.24) is 0 Å². The van der Waals surface area contributed by atoms with Gasteiger partial charge >= 0.3 is 6.18 Å². The molecule has 0 aromatic heterocycles. The number of benzene rings is 2. The number of aryl methyl sites for hydroxylation is 2. The smallest absolute Gasteiger partial charge is 0.407 e. The molecule has 0 aliphatic rings. The molecule has 0 fully saturated rings. The van der Waals surface area contributed by atoms with Crippen molar-refractivity contribution in [3.05, 3.63) is 64.7 Å². The Balaban J connectivity index is 2.20.